The highest BCUT2D eigenvalue weighted by molar-refractivity contribution is 7.21. The smallest absolute Gasteiger partial charge is 0.348 e. The maximum absolute atomic E-state index is 13.6. The second kappa shape index (κ2) is 4.22. The average molecular weight is 238 g/mol. The van der Waals surface area contributed by atoms with Crippen LogP contribution in [0.4, 0.5) is 4.39 Å². The normalized spacial score (nSPS) is 10.7. The van der Waals surface area contributed by atoms with Gasteiger partial charge in [0.2, 0.25) is 0 Å². The van der Waals surface area contributed by atoms with E-state index in [1.165, 1.54) is 17.4 Å². The van der Waals surface area contributed by atoms with E-state index in [1.807, 2.05) is 0 Å². The van der Waals surface area contributed by atoms with Gasteiger partial charge in [-0.25, -0.2) is 9.18 Å². The molecule has 16 heavy (non-hydrogen) atoms. The molecule has 2 rings (SSSR count). The number of rotatable bonds is 2. The number of esters is 1. The molecule has 0 amide bonds. The molecule has 0 unspecified atom stereocenters. The molecule has 0 saturated carbocycles. The molecule has 0 bridgehead atoms. The van der Waals surface area contributed by atoms with Crippen molar-refractivity contribution >= 4 is 27.4 Å². The largest absolute Gasteiger partial charge is 0.462 e. The van der Waals surface area contributed by atoms with Crippen LogP contribution in [0.3, 0.4) is 0 Å². The molecule has 0 radical (unpaired) electrons. The Hall–Kier alpha value is -1.42. The molecule has 1 heterocycles. The first-order chi connectivity index (χ1) is 7.65. The lowest BCUT2D eigenvalue weighted by Gasteiger charge is -1.99. The minimum Gasteiger partial charge on any atom is -0.462 e. The third-order valence-corrected chi connectivity index (χ3v) is 3.60. The number of carbonyl (C=O) groups excluding carboxylic acids is 1. The number of thiophene rings is 1. The van der Waals surface area contributed by atoms with Gasteiger partial charge in [0.05, 0.1) is 6.61 Å². The molecule has 0 aliphatic carbocycles. The molecule has 0 saturated heterocycles. The lowest BCUT2D eigenvalue weighted by molar-refractivity contribution is 0.0531. The molecule has 0 spiro atoms. The van der Waals surface area contributed by atoms with Crippen molar-refractivity contribution in [3.8, 4) is 0 Å². The van der Waals surface area contributed by atoms with Crippen LogP contribution in [0.25, 0.3) is 10.1 Å². The summed E-state index contributed by atoms with van der Waals surface area (Å²) in [5.74, 6) is -0.664. The van der Waals surface area contributed by atoms with Crippen LogP contribution >= 0.6 is 11.3 Å². The molecule has 1 aromatic carbocycles. The fourth-order valence-corrected chi connectivity index (χ4v) is 2.76. The Morgan fingerprint density at radius 1 is 1.50 bits per heavy atom. The van der Waals surface area contributed by atoms with Gasteiger partial charge < -0.3 is 4.74 Å². The van der Waals surface area contributed by atoms with Crippen LogP contribution in [0.5, 0.6) is 0 Å². The van der Waals surface area contributed by atoms with Crippen LogP contribution in [0.15, 0.2) is 18.2 Å². The third kappa shape index (κ3) is 1.69. The van der Waals surface area contributed by atoms with Crippen molar-refractivity contribution in [2.45, 2.75) is 13.8 Å². The van der Waals surface area contributed by atoms with Crippen molar-refractivity contribution in [2.75, 3.05) is 6.61 Å². The minimum atomic E-state index is -0.374. The highest BCUT2D eigenvalue weighted by Gasteiger charge is 2.18. The Morgan fingerprint density at radius 2 is 2.25 bits per heavy atom. The molecule has 2 aromatic rings. The number of ether oxygens (including phenoxy) is 1. The highest BCUT2D eigenvalue weighted by Crippen LogP contribution is 2.32. The predicted octanol–water partition coefficient (Wildman–Crippen LogP) is 3.53. The number of fused-ring (bicyclic) bond motifs is 1. The number of benzene rings is 1. The Balaban J connectivity index is 2.61. The first-order valence-electron chi connectivity index (χ1n) is 5.00. The first-order valence-corrected chi connectivity index (χ1v) is 5.81. The molecule has 0 aliphatic rings. The fraction of sp³-hybridized carbons (Fsp3) is 0.250. The zero-order chi connectivity index (χ0) is 11.7. The van der Waals surface area contributed by atoms with E-state index in [0.717, 1.165) is 4.70 Å². The summed E-state index contributed by atoms with van der Waals surface area (Å²) in [5, 5.41) is 0.524. The molecule has 0 aliphatic heterocycles. The van der Waals surface area contributed by atoms with Gasteiger partial charge in [-0.2, -0.15) is 0 Å². The number of hydrogen-bond donors (Lipinski definition) is 0. The fourth-order valence-electron chi connectivity index (χ4n) is 1.64. The Labute approximate surface area is 96.7 Å². The van der Waals surface area contributed by atoms with Crippen LogP contribution in [0.1, 0.15) is 22.2 Å². The second-order valence-corrected chi connectivity index (χ2v) is 4.44. The first kappa shape index (κ1) is 11.1. The number of carbonyl (C=O) groups is 1. The molecule has 0 fully saturated rings. The number of aryl methyl sites for hydroxylation is 1. The Kier molecular flexibility index (Phi) is 2.92. The van der Waals surface area contributed by atoms with Crippen molar-refractivity contribution in [1.29, 1.82) is 0 Å². The Bertz CT molecular complexity index is 545. The maximum Gasteiger partial charge on any atom is 0.348 e. The van der Waals surface area contributed by atoms with Gasteiger partial charge in [-0.3, -0.25) is 0 Å². The van der Waals surface area contributed by atoms with E-state index in [9.17, 15) is 9.18 Å². The van der Waals surface area contributed by atoms with E-state index in [1.54, 1.807) is 26.0 Å². The van der Waals surface area contributed by atoms with E-state index in [2.05, 4.69) is 0 Å². The lowest BCUT2D eigenvalue weighted by atomic mass is 10.1. The minimum absolute atomic E-state index is 0.290. The van der Waals surface area contributed by atoms with Gasteiger partial charge in [-0.15, -0.1) is 11.3 Å². The van der Waals surface area contributed by atoms with Crippen molar-refractivity contribution in [3.05, 3.63) is 34.5 Å². The van der Waals surface area contributed by atoms with Gasteiger partial charge in [-0.05, 0) is 31.5 Å². The molecule has 84 valence electrons. The summed E-state index contributed by atoms with van der Waals surface area (Å²) >= 11 is 1.27. The van der Waals surface area contributed by atoms with Crippen molar-refractivity contribution < 1.29 is 13.9 Å². The van der Waals surface area contributed by atoms with Gasteiger partial charge in [0.15, 0.2) is 0 Å². The van der Waals surface area contributed by atoms with E-state index < -0.39 is 0 Å². The SMILES string of the molecule is CCOC(=O)c1sc2cccc(F)c2c1C. The molecule has 2 nitrogen and oxygen atoms in total. The van der Waals surface area contributed by atoms with Crippen LogP contribution in [0.2, 0.25) is 0 Å². The summed E-state index contributed by atoms with van der Waals surface area (Å²) in [6.45, 7) is 3.82. The molecule has 0 atom stereocenters. The van der Waals surface area contributed by atoms with Crippen LogP contribution in [-0.2, 0) is 4.74 Å². The summed E-state index contributed by atoms with van der Waals surface area (Å²) in [6, 6.07) is 4.85. The third-order valence-electron chi connectivity index (χ3n) is 2.36. The van der Waals surface area contributed by atoms with E-state index in [4.69, 9.17) is 4.74 Å². The number of halogens is 1. The topological polar surface area (TPSA) is 26.3 Å². The van der Waals surface area contributed by atoms with Crippen LogP contribution < -0.4 is 0 Å². The average Bonchev–Trinajstić information content (AvgIpc) is 2.58. The molecule has 0 N–H and O–H groups in total. The van der Waals surface area contributed by atoms with Gasteiger partial charge in [0.1, 0.15) is 10.7 Å². The van der Waals surface area contributed by atoms with Gasteiger partial charge in [0, 0.05) is 10.1 Å². The maximum atomic E-state index is 13.6. The van der Waals surface area contributed by atoms with Crippen molar-refractivity contribution in [1.82, 2.24) is 0 Å². The van der Waals surface area contributed by atoms with Crippen molar-refractivity contribution in [3.63, 3.8) is 0 Å². The van der Waals surface area contributed by atoms with E-state index in [0.29, 0.717) is 22.4 Å². The summed E-state index contributed by atoms with van der Waals surface area (Å²) in [7, 11) is 0. The highest BCUT2D eigenvalue weighted by atomic mass is 32.1. The summed E-state index contributed by atoms with van der Waals surface area (Å²) in [5.41, 5.74) is 0.663. The summed E-state index contributed by atoms with van der Waals surface area (Å²) in [4.78, 5) is 12.1. The van der Waals surface area contributed by atoms with Gasteiger partial charge >= 0.3 is 5.97 Å². The monoisotopic (exact) mass is 238 g/mol. The molecular weight excluding hydrogens is 227 g/mol. The predicted molar refractivity (Wildman–Crippen MR) is 62.5 cm³/mol. The van der Waals surface area contributed by atoms with Gasteiger partial charge in [-0.1, -0.05) is 6.07 Å². The van der Waals surface area contributed by atoms with E-state index in [-0.39, 0.29) is 11.8 Å². The quantitative estimate of drug-likeness (QED) is 0.748. The van der Waals surface area contributed by atoms with Crippen LogP contribution in [-0.4, -0.2) is 12.6 Å². The second-order valence-electron chi connectivity index (χ2n) is 3.39. The Morgan fingerprint density at radius 3 is 2.88 bits per heavy atom. The molecular formula is C12H11FO2S. The van der Waals surface area contributed by atoms with Crippen LogP contribution in [0, 0.1) is 12.7 Å². The number of hydrogen-bond acceptors (Lipinski definition) is 3. The van der Waals surface area contributed by atoms with Gasteiger partial charge in [0.25, 0.3) is 0 Å². The summed E-state index contributed by atoms with van der Waals surface area (Å²) in [6.07, 6.45) is 0. The summed E-state index contributed by atoms with van der Waals surface area (Å²) < 4.78 is 19.3. The zero-order valence-corrected chi connectivity index (χ0v) is 9.86. The van der Waals surface area contributed by atoms with E-state index >= 15 is 0 Å². The lowest BCUT2D eigenvalue weighted by Crippen LogP contribution is -2.03. The zero-order valence-electron chi connectivity index (χ0n) is 9.04. The molecule has 1 aromatic heterocycles. The molecule has 4 heteroatoms. The van der Waals surface area contributed by atoms with Crippen molar-refractivity contribution in [2.24, 2.45) is 0 Å². The standard InChI is InChI=1S/C12H11FO2S/c1-3-15-12(14)11-7(2)10-8(13)5-4-6-9(10)16-11/h4-6H,3H2,1-2H3.